The van der Waals surface area contributed by atoms with E-state index < -0.39 is 26.8 Å². The first-order chi connectivity index (χ1) is 15.9. The van der Waals surface area contributed by atoms with Crippen LogP contribution in [0.5, 0.6) is 0 Å². The quantitative estimate of drug-likeness (QED) is 0.472. The van der Waals surface area contributed by atoms with Gasteiger partial charge in [0.2, 0.25) is 0 Å². The minimum absolute atomic E-state index is 0. The molecule has 0 atom stereocenters. The van der Waals surface area contributed by atoms with Crippen LogP contribution in [0, 0.1) is 0 Å². The van der Waals surface area contributed by atoms with E-state index >= 15 is 0 Å². The van der Waals surface area contributed by atoms with Crippen molar-refractivity contribution in [2.24, 2.45) is 0 Å². The minimum atomic E-state index is -1.94. The van der Waals surface area contributed by atoms with Gasteiger partial charge in [-0.25, -0.2) is 0 Å². The second-order valence-corrected chi connectivity index (χ2v) is 27.5. The third-order valence-corrected chi connectivity index (χ3v) is 35.3. The van der Waals surface area contributed by atoms with Crippen molar-refractivity contribution < 1.29 is 45.7 Å². The molecule has 6 rings (SSSR count). The Morgan fingerprint density at radius 1 is 0.647 bits per heavy atom. The Balaban J connectivity index is 0.00000137. The Kier molecular flexibility index (Phi) is 9.59. The number of hydrogen-bond donors (Lipinski definition) is 0. The van der Waals surface area contributed by atoms with Crippen molar-refractivity contribution >= 4 is 5.92 Å². The standard InChI is InChI=1S/C13H9.C12H23Si.C5H5.2ClH.Zr/c1-3-7-12-10(5-1)9-11-6-2-4-8-13(11)12;1-3-7-11(8-4-1)13-12-9-5-2-6-10-12;1-2-4-5-3-1;;;/h1-9H;11-13H,1-10H2;1-3H,4H2;2*1H;/q;;;;;+2/p-2. The molecule has 4 aliphatic carbocycles. The fourth-order valence-electron chi connectivity index (χ4n) is 7.62. The monoisotopic (exact) mass is 585 g/mol. The number of allylic oxidation sites excluding steroid dienone is 4. The zero-order chi connectivity index (χ0) is 21.3. The molecule has 0 aliphatic heterocycles. The molecule has 0 heterocycles. The fraction of sp³-hybridized carbons (Fsp3) is 0.467. The van der Waals surface area contributed by atoms with Crippen LogP contribution in [0.4, 0.5) is 0 Å². The first-order valence-corrected chi connectivity index (χ1v) is 22.1. The zero-order valence-electron chi connectivity index (χ0n) is 20.2. The normalized spacial score (nSPS) is 20.3. The molecule has 4 aliphatic rings. The van der Waals surface area contributed by atoms with Gasteiger partial charge >= 0.3 is 204 Å². The van der Waals surface area contributed by atoms with Crippen molar-refractivity contribution in [1.29, 1.82) is 0 Å². The number of fused-ring (bicyclic) bond motifs is 3. The van der Waals surface area contributed by atoms with E-state index in [1.807, 2.05) is 3.28 Å². The summed E-state index contributed by atoms with van der Waals surface area (Å²) in [5.74, 6) is -0.847. The summed E-state index contributed by atoms with van der Waals surface area (Å²) in [6.07, 6.45) is 24.2. The van der Waals surface area contributed by atoms with E-state index in [4.69, 9.17) is 0 Å². The molecule has 0 radical (unpaired) electrons. The van der Waals surface area contributed by atoms with Crippen molar-refractivity contribution in [3.05, 3.63) is 81.2 Å². The summed E-state index contributed by atoms with van der Waals surface area (Å²) in [4.78, 5) is 0. The van der Waals surface area contributed by atoms with Crippen LogP contribution in [0.1, 0.15) is 85.4 Å². The molecular weight excluding hydrogens is 551 g/mol. The van der Waals surface area contributed by atoms with Crippen LogP contribution in [0.25, 0.3) is 11.1 Å². The average molecular weight is 588 g/mol. The maximum absolute atomic E-state index is 2.63. The molecule has 4 heteroatoms. The average Bonchev–Trinajstić information content (AvgIpc) is 3.51. The SMILES string of the molecule is C1=CC[C]([Zr+2]([CH]2c3ccccc3-c3ccccc32)[SiH](C2CCCCC2)C2CCCCC2)=C1.[Cl-].[Cl-]. The first-order valence-electron chi connectivity index (χ1n) is 13.3. The molecule has 2 aromatic carbocycles. The summed E-state index contributed by atoms with van der Waals surface area (Å²) >= 11 is -1.94. The van der Waals surface area contributed by atoms with Crippen LogP contribution >= 0.6 is 0 Å². The van der Waals surface area contributed by atoms with Gasteiger partial charge in [-0.2, -0.15) is 0 Å². The summed E-state index contributed by atoms with van der Waals surface area (Å²) in [5, 5.41) is 0. The number of rotatable bonds is 5. The molecule has 2 saturated carbocycles. The van der Waals surface area contributed by atoms with E-state index in [-0.39, 0.29) is 24.8 Å². The van der Waals surface area contributed by atoms with Gasteiger partial charge < -0.3 is 24.8 Å². The van der Waals surface area contributed by atoms with E-state index in [1.165, 1.54) is 44.9 Å². The van der Waals surface area contributed by atoms with Crippen LogP contribution in [0.3, 0.4) is 0 Å². The molecule has 0 bridgehead atoms. The molecular formula is C30H37Cl2SiZr. The van der Waals surface area contributed by atoms with Crippen molar-refractivity contribution in [1.82, 2.24) is 0 Å². The summed E-state index contributed by atoms with van der Waals surface area (Å²) in [7, 11) is 0. The molecule has 0 amide bonds. The third kappa shape index (κ3) is 5.04. The second kappa shape index (κ2) is 12.2. The molecule has 0 spiro atoms. The van der Waals surface area contributed by atoms with Crippen LogP contribution in [-0.4, -0.2) is 5.92 Å². The summed E-state index contributed by atoms with van der Waals surface area (Å²) < 4.78 is 2.77. The Hall–Kier alpha value is -0.400. The van der Waals surface area contributed by atoms with Gasteiger partial charge in [0, 0.05) is 0 Å². The molecule has 0 aromatic heterocycles. The smallest absolute Gasteiger partial charge is 1.00 e. The maximum Gasteiger partial charge on any atom is -1.00 e. The molecule has 2 fully saturated rings. The van der Waals surface area contributed by atoms with Gasteiger partial charge in [-0.15, -0.1) is 0 Å². The van der Waals surface area contributed by atoms with Gasteiger partial charge in [-0.3, -0.25) is 0 Å². The largest absolute Gasteiger partial charge is 1.00 e. The molecule has 0 nitrogen and oxygen atoms in total. The van der Waals surface area contributed by atoms with E-state index in [1.54, 1.807) is 47.9 Å². The van der Waals surface area contributed by atoms with Crippen LogP contribution < -0.4 is 24.8 Å². The van der Waals surface area contributed by atoms with Crippen molar-refractivity contribution in [2.75, 3.05) is 0 Å². The Morgan fingerprint density at radius 2 is 1.15 bits per heavy atom. The molecule has 0 N–H and O–H groups in total. The predicted octanol–water partition coefficient (Wildman–Crippen LogP) is 2.62. The van der Waals surface area contributed by atoms with Gasteiger partial charge in [0.15, 0.2) is 0 Å². The van der Waals surface area contributed by atoms with Crippen molar-refractivity contribution in [3.63, 3.8) is 0 Å². The van der Waals surface area contributed by atoms with E-state index in [9.17, 15) is 0 Å². The van der Waals surface area contributed by atoms with Gasteiger partial charge in [0.1, 0.15) is 0 Å². The molecule has 179 valence electrons. The predicted molar refractivity (Wildman–Crippen MR) is 136 cm³/mol. The van der Waals surface area contributed by atoms with Gasteiger partial charge in [0.05, 0.1) is 0 Å². The van der Waals surface area contributed by atoms with E-state index in [0.29, 0.717) is 0 Å². The molecule has 2 aromatic rings. The van der Waals surface area contributed by atoms with Crippen molar-refractivity contribution in [2.45, 2.75) is 85.3 Å². The van der Waals surface area contributed by atoms with Crippen molar-refractivity contribution in [3.8, 4) is 11.1 Å². The zero-order valence-corrected chi connectivity index (χ0v) is 25.3. The number of hydrogen-bond acceptors (Lipinski definition) is 0. The van der Waals surface area contributed by atoms with E-state index in [2.05, 4.69) is 66.8 Å². The Morgan fingerprint density at radius 3 is 1.62 bits per heavy atom. The third-order valence-electron chi connectivity index (χ3n) is 8.96. The molecule has 0 unspecified atom stereocenters. The molecule has 0 saturated heterocycles. The number of benzene rings is 2. The second-order valence-electron chi connectivity index (χ2n) is 10.7. The molecule has 34 heavy (non-hydrogen) atoms. The summed E-state index contributed by atoms with van der Waals surface area (Å²) in [6, 6.07) is 19.1. The topological polar surface area (TPSA) is 0 Å². The summed E-state index contributed by atoms with van der Waals surface area (Å²) in [6.45, 7) is 0. The Labute approximate surface area is 227 Å². The maximum atomic E-state index is 2.63. The Bertz CT molecular complexity index is 956. The fourth-order valence-corrected chi connectivity index (χ4v) is 39.8. The summed E-state index contributed by atoms with van der Waals surface area (Å²) in [5.41, 5.74) is 8.86. The minimum Gasteiger partial charge on any atom is -1.00 e. The van der Waals surface area contributed by atoms with Crippen LogP contribution in [0.15, 0.2) is 70.0 Å². The van der Waals surface area contributed by atoms with E-state index in [0.717, 1.165) is 14.7 Å². The van der Waals surface area contributed by atoms with Crippen LogP contribution in [0.2, 0.25) is 11.1 Å². The van der Waals surface area contributed by atoms with Gasteiger partial charge in [0.25, 0.3) is 0 Å². The van der Waals surface area contributed by atoms with Crippen LogP contribution in [-0.2, 0) is 20.9 Å². The number of halogens is 2. The van der Waals surface area contributed by atoms with Gasteiger partial charge in [-0.1, -0.05) is 0 Å². The first kappa shape index (κ1) is 26.7. The van der Waals surface area contributed by atoms with Gasteiger partial charge in [-0.05, 0) is 0 Å².